The Balaban J connectivity index is 2.86. The monoisotopic (exact) mass is 269 g/mol. The molecule has 0 bridgehead atoms. The number of alkyl halides is 3. The van der Waals surface area contributed by atoms with E-state index in [4.69, 9.17) is 10.6 Å². The molecule has 0 amide bonds. The maximum atomic E-state index is 12.4. The van der Waals surface area contributed by atoms with Gasteiger partial charge in [-0.15, -0.1) is 11.3 Å². The molecule has 2 atom stereocenters. The molecule has 0 fully saturated rings. The molecule has 0 aliphatic heterocycles. The number of hydrogen-bond acceptors (Lipinski definition) is 5. The van der Waals surface area contributed by atoms with E-state index in [0.29, 0.717) is 22.8 Å². The number of nitrogens with two attached hydrogens (primary N) is 1. The normalized spacial score (nSPS) is 15.9. The molecule has 98 valence electrons. The van der Waals surface area contributed by atoms with Crippen molar-refractivity contribution in [2.75, 3.05) is 6.61 Å². The van der Waals surface area contributed by atoms with Gasteiger partial charge >= 0.3 is 6.18 Å². The van der Waals surface area contributed by atoms with Gasteiger partial charge in [0.1, 0.15) is 0 Å². The Hall–Kier alpha value is -0.700. The molecule has 0 radical (unpaired) electrons. The molecular formula is C9H14F3N3OS. The van der Waals surface area contributed by atoms with Gasteiger partial charge in [-0.3, -0.25) is 5.84 Å². The van der Waals surface area contributed by atoms with Crippen LogP contribution in [-0.4, -0.2) is 17.7 Å². The number of aromatic nitrogens is 1. The van der Waals surface area contributed by atoms with Crippen LogP contribution in [0.1, 0.15) is 29.8 Å². The summed E-state index contributed by atoms with van der Waals surface area (Å²) < 4.78 is 42.4. The van der Waals surface area contributed by atoms with E-state index in [0.717, 1.165) is 0 Å². The highest BCUT2D eigenvalue weighted by Gasteiger charge is 2.35. The molecule has 8 heteroatoms. The number of hydrogen-bond donors (Lipinski definition) is 2. The Kier molecular flexibility index (Phi) is 4.87. The fourth-order valence-electron chi connectivity index (χ4n) is 1.37. The first kappa shape index (κ1) is 14.4. The van der Waals surface area contributed by atoms with E-state index in [-0.39, 0.29) is 6.10 Å². The highest BCUT2D eigenvalue weighted by Crippen LogP contribution is 2.35. The summed E-state index contributed by atoms with van der Waals surface area (Å²) in [5.41, 5.74) is 2.45. The van der Waals surface area contributed by atoms with Gasteiger partial charge in [0.15, 0.2) is 5.01 Å². The summed E-state index contributed by atoms with van der Waals surface area (Å²) in [4.78, 5) is 3.74. The number of hydrazine groups is 1. The predicted octanol–water partition coefficient (Wildman–Crippen LogP) is 2.09. The second-order valence-electron chi connectivity index (χ2n) is 3.37. The van der Waals surface area contributed by atoms with Crippen molar-refractivity contribution in [3.8, 4) is 0 Å². The third kappa shape index (κ3) is 3.63. The number of ether oxygens (including phenoxy) is 1. The summed E-state index contributed by atoms with van der Waals surface area (Å²) in [6, 6.07) is -0.497. The average molecular weight is 269 g/mol. The number of nitrogens with one attached hydrogen (secondary N) is 1. The smallest absolute Gasteiger partial charge is 0.377 e. The molecule has 0 saturated carbocycles. The van der Waals surface area contributed by atoms with E-state index in [1.54, 1.807) is 13.8 Å². The van der Waals surface area contributed by atoms with Crippen LogP contribution in [0.15, 0.2) is 6.20 Å². The second kappa shape index (κ2) is 5.76. The zero-order valence-corrected chi connectivity index (χ0v) is 10.2. The van der Waals surface area contributed by atoms with Crippen LogP contribution >= 0.6 is 11.3 Å². The van der Waals surface area contributed by atoms with Gasteiger partial charge in [-0.25, -0.2) is 10.4 Å². The van der Waals surface area contributed by atoms with E-state index in [1.165, 1.54) is 6.20 Å². The summed E-state index contributed by atoms with van der Waals surface area (Å²) in [6.45, 7) is 4.00. The van der Waals surface area contributed by atoms with Crippen molar-refractivity contribution >= 4 is 11.3 Å². The van der Waals surface area contributed by atoms with Crippen LogP contribution in [0.25, 0.3) is 0 Å². The molecule has 4 nitrogen and oxygen atoms in total. The molecule has 0 aliphatic rings. The number of rotatable bonds is 5. The fraction of sp³-hybridized carbons (Fsp3) is 0.667. The van der Waals surface area contributed by atoms with Crippen molar-refractivity contribution in [3.63, 3.8) is 0 Å². The molecule has 0 saturated heterocycles. The number of thiazole rings is 1. The van der Waals surface area contributed by atoms with Gasteiger partial charge in [0, 0.05) is 17.7 Å². The molecule has 1 rings (SSSR count). The Morgan fingerprint density at radius 3 is 2.65 bits per heavy atom. The van der Waals surface area contributed by atoms with Gasteiger partial charge in [0.05, 0.1) is 12.1 Å². The minimum atomic E-state index is -4.42. The molecule has 1 heterocycles. The first-order chi connectivity index (χ1) is 7.90. The van der Waals surface area contributed by atoms with Crippen molar-refractivity contribution in [1.29, 1.82) is 0 Å². The summed E-state index contributed by atoms with van der Waals surface area (Å²) >= 11 is 0.568. The number of nitrogens with zero attached hydrogens (tertiary/aromatic N) is 1. The maximum Gasteiger partial charge on any atom is 0.443 e. The molecule has 0 spiro atoms. The lowest BCUT2D eigenvalue weighted by Crippen LogP contribution is -2.36. The number of halogens is 3. The van der Waals surface area contributed by atoms with E-state index in [9.17, 15) is 13.2 Å². The van der Waals surface area contributed by atoms with E-state index in [1.807, 2.05) is 0 Å². The summed E-state index contributed by atoms with van der Waals surface area (Å²) in [5.74, 6) is 5.32. The molecule has 2 unspecified atom stereocenters. The third-order valence-electron chi connectivity index (χ3n) is 2.15. The van der Waals surface area contributed by atoms with Crippen molar-refractivity contribution in [2.24, 2.45) is 5.84 Å². The van der Waals surface area contributed by atoms with E-state index < -0.39 is 17.2 Å². The van der Waals surface area contributed by atoms with Crippen molar-refractivity contribution in [1.82, 2.24) is 10.4 Å². The van der Waals surface area contributed by atoms with Crippen LogP contribution in [0.5, 0.6) is 0 Å². The summed E-state index contributed by atoms with van der Waals surface area (Å²) in [5, 5.41) is -0.878. The van der Waals surface area contributed by atoms with Gasteiger partial charge in [-0.1, -0.05) is 0 Å². The van der Waals surface area contributed by atoms with Crippen LogP contribution in [0.3, 0.4) is 0 Å². The highest BCUT2D eigenvalue weighted by molar-refractivity contribution is 7.11. The van der Waals surface area contributed by atoms with Crippen LogP contribution in [0, 0.1) is 0 Å². The van der Waals surface area contributed by atoms with Crippen LogP contribution in [0.2, 0.25) is 0 Å². The third-order valence-corrected chi connectivity index (χ3v) is 3.28. The minimum Gasteiger partial charge on any atom is -0.377 e. The van der Waals surface area contributed by atoms with Gasteiger partial charge in [-0.2, -0.15) is 13.2 Å². The minimum absolute atomic E-state index is 0.327. The lowest BCUT2D eigenvalue weighted by Gasteiger charge is -2.21. The molecule has 17 heavy (non-hydrogen) atoms. The summed E-state index contributed by atoms with van der Waals surface area (Å²) in [7, 11) is 0. The van der Waals surface area contributed by atoms with Crippen molar-refractivity contribution < 1.29 is 17.9 Å². The lowest BCUT2D eigenvalue weighted by atomic mass is 10.2. The Morgan fingerprint density at radius 2 is 2.24 bits per heavy atom. The van der Waals surface area contributed by atoms with E-state index >= 15 is 0 Å². The SMILES string of the molecule is CCOC(C)C(NN)c1cnc(C(F)(F)F)s1. The Bertz CT molecular complexity index is 356. The predicted molar refractivity (Wildman–Crippen MR) is 58.3 cm³/mol. The molecule has 0 aromatic carbocycles. The zero-order chi connectivity index (χ0) is 13.1. The molecule has 0 aliphatic carbocycles. The van der Waals surface area contributed by atoms with E-state index in [2.05, 4.69) is 10.4 Å². The Labute approximate surface area is 101 Å². The van der Waals surface area contributed by atoms with Crippen LogP contribution in [0.4, 0.5) is 13.2 Å². The largest absolute Gasteiger partial charge is 0.443 e. The standard InChI is InChI=1S/C9H14F3N3OS/c1-3-16-5(2)7(15-13)6-4-14-8(17-6)9(10,11)12/h4-5,7,15H,3,13H2,1-2H3. The first-order valence-corrected chi connectivity index (χ1v) is 5.82. The quantitative estimate of drug-likeness (QED) is 0.634. The molecule has 1 aromatic heterocycles. The molecular weight excluding hydrogens is 255 g/mol. The topological polar surface area (TPSA) is 60.2 Å². The zero-order valence-electron chi connectivity index (χ0n) is 9.41. The fourth-order valence-corrected chi connectivity index (χ4v) is 2.31. The second-order valence-corrected chi connectivity index (χ2v) is 4.43. The molecule has 3 N–H and O–H groups in total. The Morgan fingerprint density at radius 1 is 1.59 bits per heavy atom. The summed E-state index contributed by atoms with van der Waals surface area (Å²) in [6.07, 6.45) is -3.57. The van der Waals surface area contributed by atoms with Crippen LogP contribution < -0.4 is 11.3 Å². The lowest BCUT2D eigenvalue weighted by molar-refractivity contribution is -0.137. The first-order valence-electron chi connectivity index (χ1n) is 5.00. The van der Waals surface area contributed by atoms with Crippen molar-refractivity contribution in [2.45, 2.75) is 32.2 Å². The van der Waals surface area contributed by atoms with Gasteiger partial charge < -0.3 is 4.74 Å². The van der Waals surface area contributed by atoms with Gasteiger partial charge in [-0.05, 0) is 13.8 Å². The van der Waals surface area contributed by atoms with Crippen LogP contribution in [-0.2, 0) is 10.9 Å². The van der Waals surface area contributed by atoms with Gasteiger partial charge in [0.2, 0.25) is 0 Å². The average Bonchev–Trinajstić information content (AvgIpc) is 2.68. The molecule has 1 aromatic rings. The maximum absolute atomic E-state index is 12.4. The highest BCUT2D eigenvalue weighted by atomic mass is 32.1. The van der Waals surface area contributed by atoms with Crippen molar-refractivity contribution in [3.05, 3.63) is 16.1 Å². The van der Waals surface area contributed by atoms with Gasteiger partial charge in [0.25, 0.3) is 0 Å².